The molecule has 0 radical (unpaired) electrons. The van der Waals surface area contributed by atoms with Crippen molar-refractivity contribution in [2.45, 2.75) is 25.9 Å². The van der Waals surface area contributed by atoms with Gasteiger partial charge >= 0.3 is 0 Å². The molecule has 1 unspecified atom stereocenters. The molecule has 0 saturated carbocycles. The average Bonchev–Trinajstić information content (AvgIpc) is 2.48. The molecule has 2 aromatic carbocycles. The first-order valence-electron chi connectivity index (χ1n) is 6.76. The molecule has 2 rings (SSSR count). The summed E-state index contributed by atoms with van der Waals surface area (Å²) in [6.07, 6.45) is 0.840. The zero-order valence-corrected chi connectivity index (χ0v) is 12.5. The van der Waals surface area contributed by atoms with Crippen molar-refractivity contribution in [3.63, 3.8) is 0 Å². The number of rotatable bonds is 6. The van der Waals surface area contributed by atoms with E-state index < -0.39 is 4.92 Å². The molecule has 21 heavy (non-hydrogen) atoms. The van der Waals surface area contributed by atoms with Crippen molar-refractivity contribution < 1.29 is 4.92 Å². The van der Waals surface area contributed by atoms with Crippen molar-refractivity contribution in [2.75, 3.05) is 0 Å². The Kier molecular flexibility index (Phi) is 5.31. The molecule has 0 heterocycles. The Bertz CT molecular complexity index is 614. The van der Waals surface area contributed by atoms with E-state index in [0.29, 0.717) is 6.54 Å². The number of non-ortho nitro benzene ring substituents is 1. The fourth-order valence-corrected chi connectivity index (χ4v) is 2.31. The van der Waals surface area contributed by atoms with E-state index in [-0.39, 0.29) is 11.7 Å². The van der Waals surface area contributed by atoms with Gasteiger partial charge in [-0.2, -0.15) is 0 Å². The number of hydrogen-bond acceptors (Lipinski definition) is 3. The Hall–Kier alpha value is -1.91. The van der Waals surface area contributed by atoms with Crippen molar-refractivity contribution in [2.24, 2.45) is 0 Å². The highest BCUT2D eigenvalue weighted by atomic mass is 35.5. The fraction of sp³-hybridized carbons (Fsp3) is 0.250. The van der Waals surface area contributed by atoms with Crippen LogP contribution in [0.25, 0.3) is 0 Å². The maximum absolute atomic E-state index is 10.6. The molecule has 0 bridgehead atoms. The van der Waals surface area contributed by atoms with Gasteiger partial charge in [0.2, 0.25) is 0 Å². The number of nitrogens with one attached hydrogen (secondary N) is 1. The van der Waals surface area contributed by atoms with Gasteiger partial charge in [-0.05, 0) is 30.5 Å². The molecule has 0 fully saturated rings. The molecule has 2 aromatic rings. The smallest absolute Gasteiger partial charge is 0.269 e. The van der Waals surface area contributed by atoms with Crippen LogP contribution in [0.3, 0.4) is 0 Å². The summed E-state index contributed by atoms with van der Waals surface area (Å²) in [4.78, 5) is 10.2. The summed E-state index contributed by atoms with van der Waals surface area (Å²) in [5.41, 5.74) is 2.25. The number of hydrogen-bond donors (Lipinski definition) is 1. The van der Waals surface area contributed by atoms with Crippen LogP contribution in [0.5, 0.6) is 0 Å². The minimum absolute atomic E-state index is 0.114. The zero-order chi connectivity index (χ0) is 15.2. The van der Waals surface area contributed by atoms with Gasteiger partial charge in [-0.1, -0.05) is 41.9 Å². The molecule has 0 aliphatic heterocycles. The third-order valence-electron chi connectivity index (χ3n) is 3.29. The largest absolute Gasteiger partial charge is 0.310 e. The zero-order valence-electron chi connectivity index (χ0n) is 11.8. The van der Waals surface area contributed by atoms with Crippen LogP contribution in [-0.2, 0) is 13.0 Å². The Balaban J connectivity index is 1.88. The molecule has 4 nitrogen and oxygen atoms in total. The van der Waals surface area contributed by atoms with Gasteiger partial charge in [0.05, 0.1) is 4.92 Å². The van der Waals surface area contributed by atoms with E-state index in [0.717, 1.165) is 22.6 Å². The van der Waals surface area contributed by atoms with Gasteiger partial charge in [-0.3, -0.25) is 10.1 Å². The molecule has 5 heteroatoms. The van der Waals surface area contributed by atoms with Crippen molar-refractivity contribution in [3.05, 3.63) is 74.8 Å². The number of benzene rings is 2. The summed E-state index contributed by atoms with van der Waals surface area (Å²) in [5, 5.41) is 14.8. The lowest BCUT2D eigenvalue weighted by Crippen LogP contribution is -2.27. The number of halogens is 1. The van der Waals surface area contributed by atoms with Crippen molar-refractivity contribution >= 4 is 17.3 Å². The predicted octanol–water partition coefficient (Wildman–Crippen LogP) is 3.97. The Morgan fingerprint density at radius 1 is 1.19 bits per heavy atom. The van der Waals surface area contributed by atoms with Crippen LogP contribution in [0.1, 0.15) is 18.1 Å². The van der Waals surface area contributed by atoms with E-state index in [4.69, 9.17) is 11.6 Å². The lowest BCUT2D eigenvalue weighted by molar-refractivity contribution is -0.384. The van der Waals surface area contributed by atoms with Gasteiger partial charge in [-0.15, -0.1) is 0 Å². The van der Waals surface area contributed by atoms with E-state index in [1.807, 2.05) is 24.3 Å². The molecule has 0 spiro atoms. The minimum Gasteiger partial charge on any atom is -0.310 e. The maximum atomic E-state index is 10.6. The summed E-state index contributed by atoms with van der Waals surface area (Å²) < 4.78 is 0. The summed E-state index contributed by atoms with van der Waals surface area (Å²) in [6, 6.07) is 14.7. The van der Waals surface area contributed by atoms with Crippen LogP contribution in [-0.4, -0.2) is 11.0 Å². The minimum atomic E-state index is -0.392. The lowest BCUT2D eigenvalue weighted by Gasteiger charge is -2.14. The van der Waals surface area contributed by atoms with Gasteiger partial charge in [-0.25, -0.2) is 0 Å². The first kappa shape index (κ1) is 15.5. The Morgan fingerprint density at radius 3 is 2.48 bits per heavy atom. The highest BCUT2D eigenvalue weighted by Crippen LogP contribution is 2.17. The quantitative estimate of drug-likeness (QED) is 0.649. The van der Waals surface area contributed by atoms with Crippen LogP contribution in [0.4, 0.5) is 5.69 Å². The second kappa shape index (κ2) is 7.20. The highest BCUT2D eigenvalue weighted by molar-refractivity contribution is 6.31. The average molecular weight is 305 g/mol. The van der Waals surface area contributed by atoms with Gasteiger partial charge < -0.3 is 5.32 Å². The van der Waals surface area contributed by atoms with Crippen LogP contribution in [0.15, 0.2) is 48.5 Å². The Morgan fingerprint density at radius 2 is 1.86 bits per heavy atom. The van der Waals surface area contributed by atoms with E-state index >= 15 is 0 Å². The van der Waals surface area contributed by atoms with E-state index in [9.17, 15) is 10.1 Å². The van der Waals surface area contributed by atoms with Crippen molar-refractivity contribution in [1.29, 1.82) is 0 Å². The molecular weight excluding hydrogens is 288 g/mol. The summed E-state index contributed by atoms with van der Waals surface area (Å²) in [6.45, 7) is 2.76. The van der Waals surface area contributed by atoms with Gasteiger partial charge in [0.1, 0.15) is 0 Å². The number of nitro groups is 1. The Labute approximate surface area is 128 Å². The summed E-state index contributed by atoms with van der Waals surface area (Å²) in [5.74, 6) is 0. The van der Waals surface area contributed by atoms with Gasteiger partial charge in [0.25, 0.3) is 5.69 Å². The first-order valence-corrected chi connectivity index (χ1v) is 7.14. The second-order valence-corrected chi connectivity index (χ2v) is 5.41. The van der Waals surface area contributed by atoms with Gasteiger partial charge in [0.15, 0.2) is 0 Å². The maximum Gasteiger partial charge on any atom is 0.269 e. The molecule has 0 aliphatic rings. The van der Waals surface area contributed by atoms with Gasteiger partial charge in [0, 0.05) is 29.7 Å². The topological polar surface area (TPSA) is 55.2 Å². The third kappa shape index (κ3) is 4.55. The van der Waals surface area contributed by atoms with Crippen LogP contribution in [0.2, 0.25) is 5.02 Å². The standard InChI is InChI=1S/C16H17ClN2O2/c1-12(10-14-4-2-3-5-16(14)17)18-11-13-6-8-15(9-7-13)19(20)21/h2-9,12,18H,10-11H2,1H3. The molecular formula is C16H17ClN2O2. The van der Waals surface area contributed by atoms with Crippen LogP contribution in [0, 0.1) is 10.1 Å². The fourth-order valence-electron chi connectivity index (χ4n) is 2.09. The molecule has 1 atom stereocenters. The summed E-state index contributed by atoms with van der Waals surface area (Å²) >= 11 is 6.14. The van der Waals surface area contributed by atoms with Crippen LogP contribution < -0.4 is 5.32 Å². The van der Waals surface area contributed by atoms with E-state index in [1.165, 1.54) is 12.1 Å². The van der Waals surface area contributed by atoms with Crippen molar-refractivity contribution in [3.8, 4) is 0 Å². The van der Waals surface area contributed by atoms with E-state index in [2.05, 4.69) is 12.2 Å². The lowest BCUT2D eigenvalue weighted by atomic mass is 10.1. The monoisotopic (exact) mass is 304 g/mol. The van der Waals surface area contributed by atoms with E-state index in [1.54, 1.807) is 12.1 Å². The SMILES string of the molecule is CC(Cc1ccccc1Cl)NCc1ccc([N+](=O)[O-])cc1. The first-order chi connectivity index (χ1) is 10.1. The second-order valence-electron chi connectivity index (χ2n) is 5.00. The molecule has 0 saturated heterocycles. The number of nitrogens with zero attached hydrogens (tertiary/aromatic N) is 1. The highest BCUT2D eigenvalue weighted by Gasteiger charge is 2.07. The molecule has 0 aromatic heterocycles. The predicted molar refractivity (Wildman–Crippen MR) is 84.6 cm³/mol. The number of nitro benzene ring substituents is 1. The molecule has 110 valence electrons. The normalized spacial score (nSPS) is 12.1. The molecule has 1 N–H and O–H groups in total. The molecule has 0 aliphatic carbocycles. The summed E-state index contributed by atoms with van der Waals surface area (Å²) in [7, 11) is 0. The van der Waals surface area contributed by atoms with Crippen LogP contribution >= 0.6 is 11.6 Å². The molecule has 0 amide bonds. The third-order valence-corrected chi connectivity index (χ3v) is 3.65. The van der Waals surface area contributed by atoms with Crippen molar-refractivity contribution in [1.82, 2.24) is 5.32 Å².